The van der Waals surface area contributed by atoms with Crippen LogP contribution in [0.4, 0.5) is 32.8 Å². The highest BCUT2D eigenvalue weighted by atomic mass is 32.1. The van der Waals surface area contributed by atoms with Crippen LogP contribution in [0.3, 0.4) is 0 Å². The number of benzene rings is 2. The van der Waals surface area contributed by atoms with Crippen LogP contribution in [-0.4, -0.2) is 29.1 Å². The number of fused-ring (bicyclic) bond motifs is 2. The number of nitrogens with two attached hydrogens (primary N) is 1. The summed E-state index contributed by atoms with van der Waals surface area (Å²) in [5, 5.41) is 9.01. The highest BCUT2D eigenvalue weighted by molar-refractivity contribution is 7.23. The predicted octanol–water partition coefficient (Wildman–Crippen LogP) is 5.90. The first-order chi connectivity index (χ1) is 18.0. The molecule has 0 unspecified atom stereocenters. The van der Waals surface area contributed by atoms with Gasteiger partial charge in [0.2, 0.25) is 0 Å². The number of methoxy groups -OCH3 is 1. The van der Waals surface area contributed by atoms with Crippen LogP contribution < -0.4 is 15.4 Å². The van der Waals surface area contributed by atoms with Gasteiger partial charge in [-0.1, -0.05) is 6.07 Å². The number of anilines is 2. The van der Waals surface area contributed by atoms with Crippen molar-refractivity contribution in [3.8, 4) is 23.2 Å². The van der Waals surface area contributed by atoms with Crippen molar-refractivity contribution >= 4 is 43.1 Å². The van der Waals surface area contributed by atoms with E-state index in [1.165, 1.54) is 31.6 Å². The van der Waals surface area contributed by atoms with Gasteiger partial charge in [-0.25, -0.2) is 13.8 Å². The van der Waals surface area contributed by atoms with Crippen LogP contribution in [0.1, 0.15) is 16.9 Å². The van der Waals surface area contributed by atoms with E-state index in [2.05, 4.69) is 15.0 Å². The number of halogens is 5. The second-order valence-electron chi connectivity index (χ2n) is 8.12. The lowest BCUT2D eigenvalue weighted by Crippen LogP contribution is -2.19. The maximum absolute atomic E-state index is 16.3. The van der Waals surface area contributed by atoms with Crippen LogP contribution in [0.25, 0.3) is 32.1 Å². The van der Waals surface area contributed by atoms with Gasteiger partial charge in [0.05, 0.1) is 35.7 Å². The van der Waals surface area contributed by atoms with Crippen molar-refractivity contribution in [2.75, 3.05) is 24.8 Å². The van der Waals surface area contributed by atoms with Crippen LogP contribution in [-0.2, 0) is 12.7 Å². The number of nitriles is 1. The molecule has 14 heteroatoms. The normalized spacial score (nSPS) is 11.7. The Labute approximate surface area is 214 Å². The maximum atomic E-state index is 16.3. The average molecular weight is 546 g/mol. The fraction of sp³-hybridized carbons (Fsp3) is 0.167. The van der Waals surface area contributed by atoms with Crippen LogP contribution >= 0.6 is 11.3 Å². The van der Waals surface area contributed by atoms with Crippen molar-refractivity contribution in [2.45, 2.75) is 12.7 Å². The SMILES string of the molecule is COc1nc(N(C)Cc2cnco2)c2cc(C(F)(F)F)c(-c3ccc(F)c4sc(N)c(C#N)c34)c(F)c2n1. The van der Waals surface area contributed by atoms with E-state index in [1.54, 1.807) is 6.07 Å². The summed E-state index contributed by atoms with van der Waals surface area (Å²) in [7, 11) is 2.74. The minimum atomic E-state index is -5.06. The van der Waals surface area contributed by atoms with Crippen molar-refractivity contribution in [3.05, 3.63) is 59.3 Å². The number of rotatable bonds is 5. The Hall–Kier alpha value is -4.51. The minimum Gasteiger partial charge on any atom is -0.467 e. The first-order valence-corrected chi connectivity index (χ1v) is 11.5. The molecule has 0 aliphatic heterocycles. The molecular formula is C24H15F5N6O2S. The van der Waals surface area contributed by atoms with Crippen LogP contribution in [0.5, 0.6) is 6.01 Å². The molecule has 0 bridgehead atoms. The van der Waals surface area contributed by atoms with Gasteiger partial charge in [-0.2, -0.15) is 28.4 Å². The maximum Gasteiger partial charge on any atom is 0.417 e. The van der Waals surface area contributed by atoms with E-state index >= 15 is 4.39 Å². The van der Waals surface area contributed by atoms with Gasteiger partial charge in [0.1, 0.15) is 34.0 Å². The van der Waals surface area contributed by atoms with Gasteiger partial charge in [-0.05, 0) is 17.7 Å². The number of nitrogen functional groups attached to an aromatic ring is 1. The molecule has 0 atom stereocenters. The van der Waals surface area contributed by atoms with E-state index in [1.807, 2.05) is 0 Å². The minimum absolute atomic E-state index is 0.0400. The zero-order valence-corrected chi connectivity index (χ0v) is 20.3. The van der Waals surface area contributed by atoms with Crippen molar-refractivity contribution in [3.63, 3.8) is 0 Å². The summed E-state index contributed by atoms with van der Waals surface area (Å²) in [6, 6.07) is 4.08. The highest BCUT2D eigenvalue weighted by Crippen LogP contribution is 2.47. The number of ether oxygens (including phenoxy) is 1. The lowest BCUT2D eigenvalue weighted by molar-refractivity contribution is -0.137. The Morgan fingerprint density at radius 2 is 2.00 bits per heavy atom. The lowest BCUT2D eigenvalue weighted by Gasteiger charge is -2.22. The second-order valence-corrected chi connectivity index (χ2v) is 9.17. The molecule has 2 aromatic carbocycles. The summed E-state index contributed by atoms with van der Waals surface area (Å²) in [6.45, 7) is 0.0400. The first kappa shape index (κ1) is 25.2. The molecule has 5 aromatic rings. The van der Waals surface area contributed by atoms with Crippen LogP contribution in [0.15, 0.2) is 35.2 Å². The van der Waals surface area contributed by atoms with Crippen molar-refractivity contribution in [2.24, 2.45) is 0 Å². The van der Waals surface area contributed by atoms with Gasteiger partial charge in [0.25, 0.3) is 0 Å². The van der Waals surface area contributed by atoms with E-state index in [-0.39, 0.29) is 50.0 Å². The Morgan fingerprint density at radius 3 is 2.63 bits per heavy atom. The van der Waals surface area contributed by atoms with Crippen molar-refractivity contribution in [1.29, 1.82) is 5.26 Å². The Morgan fingerprint density at radius 1 is 1.24 bits per heavy atom. The monoisotopic (exact) mass is 546 g/mol. The van der Waals surface area contributed by atoms with E-state index < -0.39 is 34.5 Å². The molecular weight excluding hydrogens is 531 g/mol. The summed E-state index contributed by atoms with van der Waals surface area (Å²) in [4.78, 5) is 13.4. The third kappa shape index (κ3) is 4.01. The average Bonchev–Trinajstić information content (AvgIpc) is 3.51. The predicted molar refractivity (Wildman–Crippen MR) is 130 cm³/mol. The molecule has 0 saturated carbocycles. The number of hydrogen-bond acceptors (Lipinski definition) is 9. The molecule has 194 valence electrons. The molecule has 5 rings (SSSR count). The van der Waals surface area contributed by atoms with Gasteiger partial charge < -0.3 is 19.8 Å². The lowest BCUT2D eigenvalue weighted by atomic mass is 9.92. The van der Waals surface area contributed by atoms with Crippen LogP contribution in [0.2, 0.25) is 0 Å². The largest absolute Gasteiger partial charge is 0.467 e. The van der Waals surface area contributed by atoms with E-state index in [9.17, 15) is 22.8 Å². The van der Waals surface area contributed by atoms with Gasteiger partial charge in [0.15, 0.2) is 12.2 Å². The number of oxazole rings is 1. The summed E-state index contributed by atoms with van der Waals surface area (Å²) < 4.78 is 84.3. The number of aromatic nitrogens is 3. The van der Waals surface area contributed by atoms with Gasteiger partial charge in [-0.15, -0.1) is 11.3 Å². The molecule has 0 saturated heterocycles. The quantitative estimate of drug-likeness (QED) is 0.271. The summed E-state index contributed by atoms with van der Waals surface area (Å²) in [5.74, 6) is -1.86. The van der Waals surface area contributed by atoms with Crippen LogP contribution in [0, 0.1) is 23.0 Å². The summed E-state index contributed by atoms with van der Waals surface area (Å²) in [5.41, 5.74) is 2.48. The van der Waals surface area contributed by atoms with Gasteiger partial charge >= 0.3 is 12.2 Å². The highest BCUT2D eigenvalue weighted by Gasteiger charge is 2.38. The fourth-order valence-electron chi connectivity index (χ4n) is 4.20. The van der Waals surface area contributed by atoms with Gasteiger partial charge in [0, 0.05) is 23.4 Å². The number of nitrogens with zero attached hydrogens (tertiary/aromatic N) is 5. The van der Waals surface area contributed by atoms with Crippen molar-refractivity contribution < 1.29 is 31.1 Å². The third-order valence-corrected chi connectivity index (χ3v) is 6.84. The topological polar surface area (TPSA) is 114 Å². The molecule has 3 aromatic heterocycles. The standard InChI is InChI=1S/C24H15F5N6O2S/c1-35(8-10-7-32-9-37-10)22-12-5-14(24(27,28)29)17(18(26)19(12)33-23(34-22)36-2)11-3-4-15(25)20-16(11)13(6-30)21(31)38-20/h3-5,7,9H,8,31H2,1-2H3. The number of alkyl halides is 3. The second kappa shape index (κ2) is 9.10. The molecule has 0 radical (unpaired) electrons. The molecule has 8 nitrogen and oxygen atoms in total. The first-order valence-electron chi connectivity index (χ1n) is 10.7. The Kier molecular flexibility index (Phi) is 6.03. The number of thiophene rings is 1. The molecule has 0 aliphatic rings. The number of hydrogen-bond donors (Lipinski definition) is 1. The zero-order valence-electron chi connectivity index (χ0n) is 19.5. The molecule has 0 fully saturated rings. The van der Waals surface area contributed by atoms with E-state index in [0.29, 0.717) is 17.1 Å². The molecule has 0 aliphatic carbocycles. The van der Waals surface area contributed by atoms with E-state index in [0.717, 1.165) is 18.2 Å². The third-order valence-electron chi connectivity index (χ3n) is 5.82. The van der Waals surface area contributed by atoms with E-state index in [4.69, 9.17) is 14.9 Å². The Balaban J connectivity index is 1.88. The molecule has 2 N–H and O–H groups in total. The van der Waals surface area contributed by atoms with Crippen molar-refractivity contribution in [1.82, 2.24) is 15.0 Å². The Bertz CT molecular complexity index is 1740. The molecule has 38 heavy (non-hydrogen) atoms. The summed E-state index contributed by atoms with van der Waals surface area (Å²) >= 11 is 0.686. The zero-order chi connectivity index (χ0) is 27.4. The fourth-order valence-corrected chi connectivity index (χ4v) is 5.15. The summed E-state index contributed by atoms with van der Waals surface area (Å²) in [6.07, 6.45) is -2.46. The molecule has 0 spiro atoms. The molecule has 0 amide bonds. The molecule has 3 heterocycles. The van der Waals surface area contributed by atoms with Gasteiger partial charge in [-0.3, -0.25) is 0 Å². The smallest absolute Gasteiger partial charge is 0.417 e.